The summed E-state index contributed by atoms with van der Waals surface area (Å²) in [5.74, 6) is -2.41. The summed E-state index contributed by atoms with van der Waals surface area (Å²) in [4.78, 5) is 24.6. The lowest BCUT2D eigenvalue weighted by Crippen LogP contribution is -2.26. The first-order chi connectivity index (χ1) is 16.3. The summed E-state index contributed by atoms with van der Waals surface area (Å²) in [6.45, 7) is 0.541. The van der Waals surface area contributed by atoms with Crippen LogP contribution in [0.2, 0.25) is 0 Å². The Hall–Kier alpha value is -3.25. The molecular formula is C24H20F2IN3O4. The van der Waals surface area contributed by atoms with Crippen molar-refractivity contribution in [2.75, 3.05) is 17.2 Å². The number of carbonyl (C=O) groups is 2. The van der Waals surface area contributed by atoms with Gasteiger partial charge in [-0.1, -0.05) is 6.07 Å². The molecule has 0 spiro atoms. The number of primary amides is 1. The van der Waals surface area contributed by atoms with E-state index in [4.69, 9.17) is 15.2 Å². The molecule has 1 atom stereocenters. The van der Waals surface area contributed by atoms with Gasteiger partial charge in [-0.2, -0.15) is 0 Å². The van der Waals surface area contributed by atoms with E-state index in [0.717, 1.165) is 18.6 Å². The summed E-state index contributed by atoms with van der Waals surface area (Å²) in [7, 11) is 0. The molecule has 1 aliphatic rings. The third-order valence-electron chi connectivity index (χ3n) is 5.07. The molecule has 34 heavy (non-hydrogen) atoms. The van der Waals surface area contributed by atoms with E-state index in [1.807, 2.05) is 22.6 Å². The highest BCUT2D eigenvalue weighted by Crippen LogP contribution is 2.35. The molecule has 7 nitrogen and oxygen atoms in total. The highest BCUT2D eigenvalue weighted by Gasteiger charge is 2.24. The smallest absolute Gasteiger partial charge is 0.254 e. The Morgan fingerprint density at radius 1 is 1.09 bits per heavy atom. The molecule has 0 aliphatic carbocycles. The van der Waals surface area contributed by atoms with Gasteiger partial charge in [-0.15, -0.1) is 0 Å². The van der Waals surface area contributed by atoms with Crippen molar-refractivity contribution in [2.45, 2.75) is 18.9 Å². The lowest BCUT2D eigenvalue weighted by atomic mass is 10.1. The number of halogens is 3. The largest absolute Gasteiger partial charge is 0.456 e. The molecule has 4 N–H and O–H groups in total. The second-order valence-electron chi connectivity index (χ2n) is 7.56. The molecule has 0 saturated carbocycles. The number of amides is 2. The van der Waals surface area contributed by atoms with Crippen molar-refractivity contribution in [3.8, 4) is 11.5 Å². The molecular weight excluding hydrogens is 559 g/mol. The van der Waals surface area contributed by atoms with Crippen LogP contribution in [0.1, 0.15) is 23.2 Å². The predicted molar refractivity (Wildman–Crippen MR) is 131 cm³/mol. The fourth-order valence-corrected chi connectivity index (χ4v) is 3.98. The summed E-state index contributed by atoms with van der Waals surface area (Å²) in [5, 5.41) is 5.46. The van der Waals surface area contributed by atoms with Crippen LogP contribution in [-0.4, -0.2) is 24.5 Å². The third-order valence-corrected chi connectivity index (χ3v) is 5.74. The van der Waals surface area contributed by atoms with E-state index in [0.29, 0.717) is 22.3 Å². The highest BCUT2D eigenvalue weighted by molar-refractivity contribution is 14.1. The van der Waals surface area contributed by atoms with E-state index in [9.17, 15) is 18.4 Å². The highest BCUT2D eigenvalue weighted by atomic mass is 127. The minimum Gasteiger partial charge on any atom is -0.456 e. The van der Waals surface area contributed by atoms with Crippen molar-refractivity contribution < 1.29 is 27.8 Å². The number of hydrogen-bond donors (Lipinski definition) is 3. The molecule has 0 aromatic heterocycles. The van der Waals surface area contributed by atoms with E-state index < -0.39 is 23.6 Å². The van der Waals surface area contributed by atoms with Gasteiger partial charge in [0, 0.05) is 28.0 Å². The first-order valence-corrected chi connectivity index (χ1v) is 11.4. The van der Waals surface area contributed by atoms with E-state index in [1.54, 1.807) is 24.3 Å². The number of benzene rings is 3. The van der Waals surface area contributed by atoms with Crippen molar-refractivity contribution in [2.24, 2.45) is 5.73 Å². The monoisotopic (exact) mass is 579 g/mol. The molecule has 2 amide bonds. The molecule has 4 rings (SSSR count). The number of carbonyl (C=O) groups excluding carboxylic acids is 2. The van der Waals surface area contributed by atoms with Crippen LogP contribution < -0.4 is 21.1 Å². The molecule has 1 heterocycles. The van der Waals surface area contributed by atoms with Crippen molar-refractivity contribution in [3.05, 3.63) is 75.4 Å². The maximum Gasteiger partial charge on any atom is 0.254 e. The summed E-state index contributed by atoms with van der Waals surface area (Å²) >= 11 is 1.96. The Labute approximate surface area is 207 Å². The average molecular weight is 579 g/mol. The Kier molecular flexibility index (Phi) is 7.27. The Morgan fingerprint density at radius 3 is 2.62 bits per heavy atom. The van der Waals surface area contributed by atoms with Crippen molar-refractivity contribution >= 4 is 51.5 Å². The maximum absolute atomic E-state index is 14.4. The van der Waals surface area contributed by atoms with Crippen LogP contribution in [0.15, 0.2) is 54.6 Å². The second kappa shape index (κ2) is 10.3. The van der Waals surface area contributed by atoms with Crippen LogP contribution in [0.3, 0.4) is 0 Å². The number of hydrogen-bond acceptors (Lipinski definition) is 5. The van der Waals surface area contributed by atoms with Crippen LogP contribution in [0.25, 0.3) is 0 Å². The predicted octanol–water partition coefficient (Wildman–Crippen LogP) is 5.32. The average Bonchev–Trinajstić information content (AvgIpc) is 3.31. The van der Waals surface area contributed by atoms with Crippen LogP contribution in [0, 0.1) is 15.2 Å². The van der Waals surface area contributed by atoms with E-state index >= 15 is 0 Å². The van der Waals surface area contributed by atoms with Gasteiger partial charge in [-0.25, -0.2) is 8.78 Å². The zero-order chi connectivity index (χ0) is 24.2. The summed E-state index contributed by atoms with van der Waals surface area (Å²) in [6.07, 6.45) is 0.952. The quantitative estimate of drug-likeness (QED) is 0.329. The van der Waals surface area contributed by atoms with Crippen LogP contribution in [0.4, 0.5) is 25.8 Å². The van der Waals surface area contributed by atoms with Gasteiger partial charge in [0.05, 0.1) is 11.4 Å². The first-order valence-electron chi connectivity index (χ1n) is 10.4. The standard InChI is InChI=1S/C24H20F2IN3O4/c25-13-9-19(30-18-7-6-14(27)11-17(18)26)22(23(28)31)21(10-13)34-16-4-1-3-15(12-16)29-24(32)20-5-2-8-33-20/h1,3-4,6-7,9-12,20,30H,2,5,8H2,(H2,28,31)(H,29,32). The van der Waals surface area contributed by atoms with Crippen molar-refractivity contribution in [1.29, 1.82) is 0 Å². The minimum atomic E-state index is -0.897. The molecule has 0 radical (unpaired) electrons. The zero-order valence-electron chi connectivity index (χ0n) is 17.7. The van der Waals surface area contributed by atoms with Gasteiger partial charge in [0.15, 0.2) is 0 Å². The van der Waals surface area contributed by atoms with Crippen molar-refractivity contribution in [1.82, 2.24) is 0 Å². The zero-order valence-corrected chi connectivity index (χ0v) is 19.9. The molecule has 0 bridgehead atoms. The third kappa shape index (κ3) is 5.62. The van der Waals surface area contributed by atoms with Gasteiger partial charge in [0.1, 0.15) is 34.8 Å². The molecule has 1 unspecified atom stereocenters. The van der Waals surface area contributed by atoms with Gasteiger partial charge in [-0.05, 0) is 71.8 Å². The Balaban J connectivity index is 1.61. The van der Waals surface area contributed by atoms with Crippen LogP contribution in [-0.2, 0) is 9.53 Å². The van der Waals surface area contributed by atoms with Gasteiger partial charge < -0.3 is 25.8 Å². The van der Waals surface area contributed by atoms with Gasteiger partial charge >= 0.3 is 0 Å². The number of anilines is 3. The van der Waals surface area contributed by atoms with Gasteiger partial charge in [-0.3, -0.25) is 9.59 Å². The van der Waals surface area contributed by atoms with Crippen LogP contribution >= 0.6 is 22.6 Å². The fraction of sp³-hybridized carbons (Fsp3) is 0.167. The second-order valence-corrected chi connectivity index (χ2v) is 8.81. The van der Waals surface area contributed by atoms with Gasteiger partial charge in [0.2, 0.25) is 0 Å². The topological polar surface area (TPSA) is 103 Å². The lowest BCUT2D eigenvalue weighted by Gasteiger charge is -2.16. The number of nitrogens with one attached hydrogen (secondary N) is 2. The molecule has 1 saturated heterocycles. The summed E-state index contributed by atoms with van der Waals surface area (Å²) in [5.41, 5.74) is 5.82. The molecule has 10 heteroatoms. The molecule has 3 aromatic carbocycles. The minimum absolute atomic E-state index is 0.0401. The fourth-order valence-electron chi connectivity index (χ4n) is 3.52. The lowest BCUT2D eigenvalue weighted by molar-refractivity contribution is -0.124. The van der Waals surface area contributed by atoms with Crippen molar-refractivity contribution in [3.63, 3.8) is 0 Å². The SMILES string of the molecule is NC(=O)c1c(Nc2ccc(I)cc2F)cc(F)cc1Oc1cccc(NC(=O)C2CCCO2)c1. The van der Waals surface area contributed by atoms with E-state index in [-0.39, 0.29) is 34.3 Å². The summed E-state index contributed by atoms with van der Waals surface area (Å²) < 4.78 is 40.6. The normalized spacial score (nSPS) is 15.1. The molecule has 3 aromatic rings. The molecule has 1 fully saturated rings. The molecule has 1 aliphatic heterocycles. The van der Waals surface area contributed by atoms with Gasteiger partial charge in [0.25, 0.3) is 11.8 Å². The summed E-state index contributed by atoms with van der Waals surface area (Å²) in [6, 6.07) is 12.8. The Bertz CT molecular complexity index is 1250. The number of ether oxygens (including phenoxy) is 2. The Morgan fingerprint density at radius 2 is 1.91 bits per heavy atom. The first kappa shape index (κ1) is 23.9. The number of rotatable bonds is 7. The van der Waals surface area contributed by atoms with E-state index in [2.05, 4.69) is 10.6 Å². The maximum atomic E-state index is 14.4. The van der Waals surface area contributed by atoms with E-state index in [1.165, 1.54) is 18.2 Å². The number of nitrogens with two attached hydrogens (primary N) is 1. The molecule has 176 valence electrons. The van der Waals surface area contributed by atoms with Crippen LogP contribution in [0.5, 0.6) is 11.5 Å².